The van der Waals surface area contributed by atoms with E-state index in [0.29, 0.717) is 12.6 Å². The van der Waals surface area contributed by atoms with Crippen LogP contribution in [0.2, 0.25) is 0 Å². The van der Waals surface area contributed by atoms with Gasteiger partial charge in [0, 0.05) is 38.4 Å². The zero-order valence-electron chi connectivity index (χ0n) is 10.8. The zero-order valence-corrected chi connectivity index (χ0v) is 10.8. The average molecular weight is 234 g/mol. The lowest BCUT2D eigenvalue weighted by atomic mass is 10.1. The molecular weight excluding hydrogens is 212 g/mol. The molecule has 1 aromatic heterocycles. The fraction of sp³-hybridized carbons (Fsp3) is 0.615. The normalized spacial score (nSPS) is 21.8. The minimum atomic E-state index is 0.584. The molecule has 2 rings (SSSR count). The second kappa shape index (κ2) is 5.47. The number of likely N-dealkylation sites (N-methyl/N-ethyl adjacent to an activating group) is 1. The van der Waals surface area contributed by atoms with E-state index in [-0.39, 0.29) is 0 Å². The van der Waals surface area contributed by atoms with E-state index in [1.54, 1.807) is 0 Å². The highest BCUT2D eigenvalue weighted by Gasteiger charge is 2.24. The minimum Gasteiger partial charge on any atom is -0.367 e. The van der Waals surface area contributed by atoms with Crippen LogP contribution in [0.4, 0.5) is 5.69 Å². The monoisotopic (exact) mass is 234 g/mol. The molecule has 4 heteroatoms. The Kier molecular flexibility index (Phi) is 3.97. The van der Waals surface area contributed by atoms with Gasteiger partial charge in [-0.2, -0.15) is 0 Å². The molecule has 2 N–H and O–H groups in total. The van der Waals surface area contributed by atoms with Crippen molar-refractivity contribution < 1.29 is 0 Å². The maximum absolute atomic E-state index is 5.79. The molecule has 1 aliphatic heterocycles. The van der Waals surface area contributed by atoms with Crippen LogP contribution in [0, 0.1) is 0 Å². The standard InChI is InChI=1S/C13H22N4/c1-3-12-10-17(7-6-16(12)2)13-9-15-5-4-11(13)8-14/h4-5,9,12H,3,6-8,10,14H2,1-2H3. The van der Waals surface area contributed by atoms with E-state index < -0.39 is 0 Å². The molecule has 0 saturated carbocycles. The largest absolute Gasteiger partial charge is 0.367 e. The Labute approximate surface area is 103 Å². The molecule has 0 spiro atoms. The molecule has 17 heavy (non-hydrogen) atoms. The van der Waals surface area contributed by atoms with Crippen molar-refractivity contribution in [3.8, 4) is 0 Å². The molecule has 2 heterocycles. The summed E-state index contributed by atoms with van der Waals surface area (Å²) in [4.78, 5) is 9.09. The van der Waals surface area contributed by atoms with Crippen LogP contribution in [-0.4, -0.2) is 42.6 Å². The van der Waals surface area contributed by atoms with Crippen LogP contribution in [0.25, 0.3) is 0 Å². The lowest BCUT2D eigenvalue weighted by Gasteiger charge is -2.40. The van der Waals surface area contributed by atoms with Crippen molar-refractivity contribution in [3.63, 3.8) is 0 Å². The van der Waals surface area contributed by atoms with E-state index in [2.05, 4.69) is 28.8 Å². The summed E-state index contributed by atoms with van der Waals surface area (Å²) < 4.78 is 0. The van der Waals surface area contributed by atoms with Gasteiger partial charge in [0.15, 0.2) is 0 Å². The highest BCUT2D eigenvalue weighted by molar-refractivity contribution is 5.52. The van der Waals surface area contributed by atoms with Crippen molar-refractivity contribution in [1.82, 2.24) is 9.88 Å². The van der Waals surface area contributed by atoms with Gasteiger partial charge >= 0.3 is 0 Å². The van der Waals surface area contributed by atoms with Gasteiger partial charge in [-0.15, -0.1) is 0 Å². The number of nitrogens with zero attached hydrogens (tertiary/aromatic N) is 3. The van der Waals surface area contributed by atoms with Crippen molar-refractivity contribution in [2.24, 2.45) is 5.73 Å². The van der Waals surface area contributed by atoms with Crippen LogP contribution in [0.15, 0.2) is 18.5 Å². The van der Waals surface area contributed by atoms with Gasteiger partial charge in [-0.3, -0.25) is 9.88 Å². The van der Waals surface area contributed by atoms with E-state index in [9.17, 15) is 0 Å². The van der Waals surface area contributed by atoms with Gasteiger partial charge in [-0.05, 0) is 25.1 Å². The highest BCUT2D eigenvalue weighted by Crippen LogP contribution is 2.22. The Morgan fingerprint density at radius 2 is 2.29 bits per heavy atom. The van der Waals surface area contributed by atoms with Gasteiger partial charge in [0.05, 0.1) is 11.9 Å². The van der Waals surface area contributed by atoms with E-state index in [1.807, 2.05) is 18.5 Å². The lowest BCUT2D eigenvalue weighted by molar-refractivity contribution is 0.213. The third-order valence-corrected chi connectivity index (χ3v) is 3.70. The van der Waals surface area contributed by atoms with E-state index in [0.717, 1.165) is 19.6 Å². The fourth-order valence-electron chi connectivity index (χ4n) is 2.48. The molecule has 0 aromatic carbocycles. The number of aromatic nitrogens is 1. The van der Waals surface area contributed by atoms with E-state index >= 15 is 0 Å². The topological polar surface area (TPSA) is 45.4 Å². The van der Waals surface area contributed by atoms with Gasteiger partial charge in [-0.1, -0.05) is 6.92 Å². The molecule has 0 radical (unpaired) electrons. The number of nitrogens with two attached hydrogens (primary N) is 1. The SMILES string of the molecule is CCC1CN(c2cnccc2CN)CCN1C. The van der Waals surface area contributed by atoms with Crippen LogP contribution >= 0.6 is 0 Å². The van der Waals surface area contributed by atoms with Gasteiger partial charge in [0.1, 0.15) is 0 Å². The summed E-state index contributed by atoms with van der Waals surface area (Å²) in [5, 5.41) is 0. The lowest BCUT2D eigenvalue weighted by Crippen LogP contribution is -2.51. The highest BCUT2D eigenvalue weighted by atomic mass is 15.3. The maximum Gasteiger partial charge on any atom is 0.0599 e. The Bertz CT molecular complexity index is 366. The van der Waals surface area contributed by atoms with Crippen molar-refractivity contribution in [1.29, 1.82) is 0 Å². The van der Waals surface area contributed by atoms with Gasteiger partial charge < -0.3 is 10.6 Å². The van der Waals surface area contributed by atoms with Crippen LogP contribution in [-0.2, 0) is 6.54 Å². The molecule has 1 saturated heterocycles. The first kappa shape index (κ1) is 12.3. The number of pyridine rings is 1. The van der Waals surface area contributed by atoms with Crippen LogP contribution in [0.5, 0.6) is 0 Å². The molecule has 0 bridgehead atoms. The predicted molar refractivity (Wildman–Crippen MR) is 71.1 cm³/mol. The Morgan fingerprint density at radius 3 is 3.00 bits per heavy atom. The fourth-order valence-corrected chi connectivity index (χ4v) is 2.48. The predicted octanol–water partition coefficient (Wildman–Crippen LogP) is 1.07. The second-order valence-corrected chi connectivity index (χ2v) is 4.70. The molecule has 94 valence electrons. The molecule has 1 unspecified atom stereocenters. The summed E-state index contributed by atoms with van der Waals surface area (Å²) in [7, 11) is 2.21. The van der Waals surface area contributed by atoms with Crippen molar-refractivity contribution in [2.45, 2.75) is 25.9 Å². The van der Waals surface area contributed by atoms with Crippen molar-refractivity contribution in [3.05, 3.63) is 24.0 Å². The minimum absolute atomic E-state index is 0.584. The molecule has 0 amide bonds. The number of hydrogen-bond acceptors (Lipinski definition) is 4. The van der Waals surface area contributed by atoms with Crippen LogP contribution in [0.1, 0.15) is 18.9 Å². The summed E-state index contributed by atoms with van der Waals surface area (Å²) in [6.45, 7) is 6.08. The third kappa shape index (κ3) is 2.58. The van der Waals surface area contributed by atoms with E-state index in [1.165, 1.54) is 17.7 Å². The molecule has 1 aliphatic rings. The van der Waals surface area contributed by atoms with Crippen molar-refractivity contribution in [2.75, 3.05) is 31.6 Å². The second-order valence-electron chi connectivity index (χ2n) is 4.70. The Morgan fingerprint density at radius 1 is 1.47 bits per heavy atom. The molecular formula is C13H22N4. The quantitative estimate of drug-likeness (QED) is 0.850. The Balaban J connectivity index is 2.17. The van der Waals surface area contributed by atoms with Crippen LogP contribution < -0.4 is 10.6 Å². The number of piperazine rings is 1. The maximum atomic E-state index is 5.79. The first-order valence-electron chi connectivity index (χ1n) is 6.34. The van der Waals surface area contributed by atoms with Crippen LogP contribution in [0.3, 0.4) is 0 Å². The molecule has 1 atom stereocenters. The van der Waals surface area contributed by atoms with E-state index in [4.69, 9.17) is 5.73 Å². The molecule has 1 fully saturated rings. The third-order valence-electron chi connectivity index (χ3n) is 3.70. The summed E-state index contributed by atoms with van der Waals surface area (Å²) in [5.41, 5.74) is 8.19. The number of rotatable bonds is 3. The molecule has 0 aliphatic carbocycles. The summed E-state index contributed by atoms with van der Waals surface area (Å²) in [5.74, 6) is 0. The molecule has 1 aromatic rings. The van der Waals surface area contributed by atoms with Crippen molar-refractivity contribution >= 4 is 5.69 Å². The first-order valence-corrected chi connectivity index (χ1v) is 6.34. The number of anilines is 1. The van der Waals surface area contributed by atoms with Gasteiger partial charge in [0.2, 0.25) is 0 Å². The smallest absolute Gasteiger partial charge is 0.0599 e. The molecule has 4 nitrogen and oxygen atoms in total. The summed E-state index contributed by atoms with van der Waals surface area (Å²) in [6.07, 6.45) is 4.95. The van der Waals surface area contributed by atoms with Gasteiger partial charge in [0.25, 0.3) is 0 Å². The first-order chi connectivity index (χ1) is 8.26. The Hall–Kier alpha value is -1.13. The summed E-state index contributed by atoms with van der Waals surface area (Å²) >= 11 is 0. The van der Waals surface area contributed by atoms with Gasteiger partial charge in [-0.25, -0.2) is 0 Å². The summed E-state index contributed by atoms with van der Waals surface area (Å²) in [6, 6.07) is 2.66. The average Bonchev–Trinajstić information content (AvgIpc) is 2.39. The zero-order chi connectivity index (χ0) is 12.3. The number of hydrogen-bond donors (Lipinski definition) is 1.